The summed E-state index contributed by atoms with van der Waals surface area (Å²) in [6.07, 6.45) is -28.4. The van der Waals surface area contributed by atoms with Gasteiger partial charge in [0.15, 0.2) is 0 Å². The second-order valence-electron chi connectivity index (χ2n) is 7.44. The largest absolute Gasteiger partial charge is 0.461 e. The predicted molar refractivity (Wildman–Crippen MR) is 88.9 cm³/mol. The van der Waals surface area contributed by atoms with E-state index in [1.54, 1.807) is 0 Å². The van der Waals surface area contributed by atoms with Crippen molar-refractivity contribution in [2.24, 2.45) is 0 Å². The molecule has 0 aliphatic rings. The molecule has 1 aromatic rings. The third-order valence-corrected chi connectivity index (χ3v) is 9.74. The van der Waals surface area contributed by atoms with Gasteiger partial charge in [0.2, 0.25) is 24.3 Å². The Bertz CT molecular complexity index is 1260. The quantitative estimate of drug-likeness (QED) is 0.286. The number of hydrogen-bond donors (Lipinski definition) is 0. The van der Waals surface area contributed by atoms with E-state index < -0.39 is 106 Å². The Morgan fingerprint density at radius 2 is 0.683 bits per heavy atom. The molecule has 1 aromatic carbocycles. The average molecular weight is 692 g/mol. The lowest BCUT2D eigenvalue weighted by molar-refractivity contribution is -0.332. The van der Waals surface area contributed by atoms with E-state index in [4.69, 9.17) is 0 Å². The van der Waals surface area contributed by atoms with E-state index in [0.29, 0.717) is 0 Å². The highest BCUT2D eigenvalue weighted by molar-refractivity contribution is 8.09. The number of alkyl halides is 20. The zero-order valence-corrected chi connectivity index (χ0v) is 19.5. The molecule has 0 saturated heterocycles. The maximum atomic E-state index is 14.1. The van der Waals surface area contributed by atoms with Gasteiger partial charge >= 0.3 is 47.1 Å². The molecule has 0 unspecified atom stereocenters. The molecule has 0 fully saturated rings. The summed E-state index contributed by atoms with van der Waals surface area (Å²) in [6.45, 7) is 0. The summed E-state index contributed by atoms with van der Waals surface area (Å²) >= 11 is 0. The molecule has 4 nitrogen and oxygen atoms in total. The lowest BCUT2D eigenvalue weighted by Gasteiger charge is -2.34. The van der Waals surface area contributed by atoms with Crippen LogP contribution in [0.15, 0.2) is 18.2 Å². The minimum Gasteiger partial charge on any atom is -0.221 e. The molecule has 0 aliphatic heterocycles. The van der Waals surface area contributed by atoms with Gasteiger partial charge in [0, 0.05) is 0 Å². The molecule has 26 heteroatoms. The Morgan fingerprint density at radius 3 is 0.878 bits per heavy atom. The molecule has 0 radical (unpaired) electrons. The van der Waals surface area contributed by atoms with Gasteiger partial charge in [-0.3, -0.25) is 0 Å². The zero-order chi connectivity index (χ0) is 33.4. The third kappa shape index (κ3) is 5.72. The lowest BCUT2D eigenvalue weighted by atomic mass is 10.1. The Kier molecular flexibility index (Phi) is 8.62. The molecule has 1 rings (SSSR count). The number of sulfone groups is 2. The van der Waals surface area contributed by atoms with Crippen LogP contribution in [0.2, 0.25) is 0 Å². The second-order valence-corrected chi connectivity index (χ2v) is 11.9. The highest BCUT2D eigenvalue weighted by Crippen LogP contribution is 2.58. The van der Waals surface area contributed by atoms with Crippen LogP contribution in [0, 0.1) is 0 Å². The van der Waals surface area contributed by atoms with Crippen molar-refractivity contribution in [3.8, 4) is 0 Å². The van der Waals surface area contributed by atoms with Crippen LogP contribution in [0.3, 0.4) is 0 Å². The molecular weight excluding hydrogens is 688 g/mol. The van der Waals surface area contributed by atoms with Crippen molar-refractivity contribution < 1.29 is 105 Å². The van der Waals surface area contributed by atoms with Crippen molar-refractivity contribution in [2.75, 3.05) is 0 Å². The molecular formula is C15H4F20O4S2. The van der Waals surface area contributed by atoms with Crippen molar-refractivity contribution in [2.45, 2.75) is 51.6 Å². The third-order valence-electron chi connectivity index (χ3n) is 4.60. The second kappa shape index (κ2) is 9.62. The maximum Gasteiger partial charge on any atom is 0.461 e. The van der Waals surface area contributed by atoms with Crippen LogP contribution in [0.25, 0.3) is 0 Å². The van der Waals surface area contributed by atoms with Gasteiger partial charge in [0.1, 0.15) is 0 Å². The van der Waals surface area contributed by atoms with Crippen LogP contribution >= 0.6 is 0 Å². The van der Waals surface area contributed by atoms with Gasteiger partial charge in [-0.2, -0.15) is 87.8 Å². The van der Waals surface area contributed by atoms with E-state index in [2.05, 4.69) is 0 Å². The molecule has 41 heavy (non-hydrogen) atoms. The molecule has 0 bridgehead atoms. The lowest BCUT2D eigenvalue weighted by Crippen LogP contribution is -2.61. The maximum absolute atomic E-state index is 14.1. The summed E-state index contributed by atoms with van der Waals surface area (Å²) in [5.41, 5.74) is -9.66. The van der Waals surface area contributed by atoms with Crippen molar-refractivity contribution in [3.05, 3.63) is 34.9 Å². The number of halogens is 20. The Balaban J connectivity index is 4.54. The summed E-state index contributed by atoms with van der Waals surface area (Å²) in [6, 6.07) is -4.18. The summed E-state index contributed by atoms with van der Waals surface area (Å²) in [5.74, 6) is -16.4. The highest BCUT2D eigenvalue weighted by Gasteiger charge is 2.84. The molecule has 0 atom stereocenters. The Morgan fingerprint density at radius 1 is 0.439 bits per heavy atom. The van der Waals surface area contributed by atoms with E-state index in [0.717, 1.165) is 0 Å². The van der Waals surface area contributed by atoms with Crippen molar-refractivity contribution in [1.82, 2.24) is 0 Å². The summed E-state index contributed by atoms with van der Waals surface area (Å²) in [7, 11) is -18.1. The van der Waals surface area contributed by atoms with Gasteiger partial charge in [0.25, 0.3) is 0 Å². The minimum absolute atomic E-state index is 1.18. The van der Waals surface area contributed by atoms with Crippen LogP contribution in [0.1, 0.15) is 21.3 Å². The van der Waals surface area contributed by atoms with Crippen LogP contribution in [0.5, 0.6) is 0 Å². The predicted octanol–water partition coefficient (Wildman–Crippen LogP) is 7.13. The number of rotatable bonds is 7. The first-order valence-electron chi connectivity index (χ1n) is 8.85. The van der Waals surface area contributed by atoms with Crippen LogP contribution < -0.4 is 0 Å². The first kappa shape index (κ1) is 36.7. The summed E-state index contributed by atoms with van der Waals surface area (Å²) < 4.78 is 305. The molecule has 0 saturated carbocycles. The monoisotopic (exact) mass is 692 g/mol. The van der Waals surface area contributed by atoms with E-state index in [1.165, 1.54) is 0 Å². The fraction of sp³-hybridized carbons (Fsp3) is 0.600. The summed E-state index contributed by atoms with van der Waals surface area (Å²) in [5, 5.41) is -16.5. The number of hydrogen-bond acceptors (Lipinski definition) is 4. The number of benzene rings is 1. The highest BCUT2D eigenvalue weighted by atomic mass is 32.3. The van der Waals surface area contributed by atoms with Crippen molar-refractivity contribution >= 4 is 19.7 Å². The molecule has 0 amide bonds. The van der Waals surface area contributed by atoms with Crippen LogP contribution in [-0.2, 0) is 32.0 Å². The normalized spacial score (nSPS) is 15.9. The van der Waals surface area contributed by atoms with Gasteiger partial charge < -0.3 is 0 Å². The first-order chi connectivity index (χ1) is 17.4. The zero-order valence-electron chi connectivity index (χ0n) is 17.8. The molecule has 240 valence electrons. The fourth-order valence-electron chi connectivity index (χ4n) is 2.60. The van der Waals surface area contributed by atoms with Gasteiger partial charge in [-0.05, 0) is 23.8 Å². The van der Waals surface area contributed by atoms with Gasteiger partial charge in [-0.15, -0.1) is 0 Å². The first-order valence-corrected chi connectivity index (χ1v) is 11.9. The molecule has 0 aromatic heterocycles. The van der Waals surface area contributed by atoms with E-state index in [1.807, 2.05) is 0 Å². The van der Waals surface area contributed by atoms with Gasteiger partial charge in [-0.1, -0.05) is 0 Å². The average Bonchev–Trinajstić information content (AvgIpc) is 2.69. The van der Waals surface area contributed by atoms with E-state index in [-0.39, 0.29) is 0 Å². The molecule has 0 spiro atoms. The molecule has 0 heterocycles. The Labute approximate surface area is 211 Å². The van der Waals surface area contributed by atoms with Crippen LogP contribution in [-0.4, -0.2) is 51.5 Å². The Hall–Kier alpha value is -2.28. The van der Waals surface area contributed by atoms with Crippen molar-refractivity contribution in [3.63, 3.8) is 0 Å². The minimum atomic E-state index is -9.07. The summed E-state index contributed by atoms with van der Waals surface area (Å²) in [4.78, 5) is 0. The fourth-order valence-corrected chi connectivity index (χ4v) is 7.13. The molecule has 0 N–H and O–H groups in total. The van der Waals surface area contributed by atoms with E-state index >= 15 is 0 Å². The topological polar surface area (TPSA) is 68.3 Å². The van der Waals surface area contributed by atoms with Gasteiger partial charge in [-0.25, -0.2) is 16.8 Å². The van der Waals surface area contributed by atoms with E-state index in [9.17, 15) is 105 Å². The SMILES string of the molecule is O=S(=O)(C(c1cc(C(F)(F)F)cc(C(F)(F)F)c1)S(=O)(=O)C(F)(F)C(F)(F)C(F)(F)F)C(F)(F)C(F)(F)C(F)(F)F. The molecule has 0 aliphatic carbocycles. The van der Waals surface area contributed by atoms with Gasteiger partial charge in [0.05, 0.1) is 11.1 Å². The smallest absolute Gasteiger partial charge is 0.221 e. The van der Waals surface area contributed by atoms with Crippen molar-refractivity contribution in [1.29, 1.82) is 0 Å². The standard InChI is InChI=1S/C15H4F20O4S2/c16-8(17,18)5-1-4(2-6(3-5)9(19,20)21)7(40(36,37)14(32,33)10(22,23)12(26,27)28)41(38,39)15(34,35)11(24,25)13(29,30)31/h1-3,7H. The van der Waals surface area contributed by atoms with Crippen LogP contribution in [0.4, 0.5) is 87.8 Å².